The lowest BCUT2D eigenvalue weighted by Crippen LogP contribution is -1.98. The number of hydrogen-bond donors (Lipinski definition) is 1. The number of aromatic carboxylic acids is 1. The molecule has 0 fully saturated rings. The van der Waals surface area contributed by atoms with Gasteiger partial charge in [0.25, 0.3) is 0 Å². The Morgan fingerprint density at radius 2 is 2.05 bits per heavy atom. The van der Waals surface area contributed by atoms with Gasteiger partial charge in [0.2, 0.25) is 5.89 Å². The van der Waals surface area contributed by atoms with Gasteiger partial charge in [-0.1, -0.05) is 18.2 Å². The molecule has 2 heterocycles. The number of carbonyl (C=O) groups is 1. The van der Waals surface area contributed by atoms with Crippen LogP contribution < -0.4 is 0 Å². The Kier molecular flexibility index (Phi) is 3.65. The first-order valence-corrected chi connectivity index (χ1v) is 7.73. The fourth-order valence-electron chi connectivity index (χ4n) is 1.91. The summed E-state index contributed by atoms with van der Waals surface area (Å²) in [7, 11) is 0. The lowest BCUT2D eigenvalue weighted by molar-refractivity contribution is 0.0691. The lowest BCUT2D eigenvalue weighted by Gasteiger charge is -1.93. The first kappa shape index (κ1) is 14.0. The minimum Gasteiger partial charge on any atom is -0.476 e. The standard InChI is InChI=1S/C15H10BrNO3S/c1-8-7-10(21-13(8)16)12-11(15(18)19)17-14(20-12)9-5-3-2-4-6-9/h2-7H,1H3,(H,18,19). The van der Waals surface area contributed by atoms with Crippen molar-refractivity contribution in [3.63, 3.8) is 0 Å². The van der Waals surface area contributed by atoms with Crippen LogP contribution in [0, 0.1) is 6.92 Å². The van der Waals surface area contributed by atoms with Crippen LogP contribution in [-0.4, -0.2) is 16.1 Å². The zero-order valence-electron chi connectivity index (χ0n) is 11.0. The van der Waals surface area contributed by atoms with Crippen molar-refractivity contribution in [2.45, 2.75) is 6.92 Å². The van der Waals surface area contributed by atoms with Crippen molar-refractivity contribution in [1.29, 1.82) is 0 Å². The van der Waals surface area contributed by atoms with Gasteiger partial charge in [0.1, 0.15) is 0 Å². The van der Waals surface area contributed by atoms with Gasteiger partial charge in [-0.15, -0.1) is 11.3 Å². The van der Waals surface area contributed by atoms with E-state index in [1.54, 1.807) is 0 Å². The molecule has 1 aromatic carbocycles. The Labute approximate surface area is 133 Å². The maximum Gasteiger partial charge on any atom is 0.358 e. The monoisotopic (exact) mass is 363 g/mol. The Hall–Kier alpha value is -1.92. The molecule has 2 aromatic heterocycles. The molecule has 0 spiro atoms. The SMILES string of the molecule is Cc1cc(-c2oc(-c3ccccc3)nc2C(=O)O)sc1Br. The number of aryl methyl sites for hydroxylation is 1. The van der Waals surface area contributed by atoms with E-state index in [0.717, 1.165) is 19.8 Å². The molecule has 0 amide bonds. The molecule has 0 bridgehead atoms. The van der Waals surface area contributed by atoms with Gasteiger partial charge in [-0.05, 0) is 46.6 Å². The van der Waals surface area contributed by atoms with Crippen LogP contribution in [0.5, 0.6) is 0 Å². The first-order chi connectivity index (χ1) is 10.1. The number of nitrogens with zero attached hydrogens (tertiary/aromatic N) is 1. The summed E-state index contributed by atoms with van der Waals surface area (Å²) in [6.45, 7) is 1.94. The van der Waals surface area contributed by atoms with E-state index in [2.05, 4.69) is 20.9 Å². The highest BCUT2D eigenvalue weighted by atomic mass is 79.9. The molecule has 0 aliphatic carbocycles. The Bertz CT molecular complexity index is 788. The normalized spacial score (nSPS) is 10.8. The molecule has 0 radical (unpaired) electrons. The molecule has 0 aliphatic heterocycles. The highest BCUT2D eigenvalue weighted by Gasteiger charge is 2.23. The number of carboxylic acids is 1. The molecule has 0 atom stereocenters. The number of aromatic nitrogens is 1. The van der Waals surface area contributed by atoms with Crippen LogP contribution in [0.1, 0.15) is 16.1 Å². The minimum absolute atomic E-state index is 0.0670. The van der Waals surface area contributed by atoms with Crippen LogP contribution in [0.4, 0.5) is 0 Å². The summed E-state index contributed by atoms with van der Waals surface area (Å²) in [5.41, 5.74) is 1.71. The summed E-state index contributed by atoms with van der Waals surface area (Å²) in [4.78, 5) is 16.3. The molecule has 6 heteroatoms. The number of rotatable bonds is 3. The van der Waals surface area contributed by atoms with E-state index in [1.165, 1.54) is 11.3 Å². The highest BCUT2D eigenvalue weighted by Crippen LogP contribution is 2.38. The van der Waals surface area contributed by atoms with Crippen molar-refractivity contribution < 1.29 is 14.3 Å². The van der Waals surface area contributed by atoms with Gasteiger partial charge >= 0.3 is 5.97 Å². The molecule has 1 N–H and O–H groups in total. The topological polar surface area (TPSA) is 63.3 Å². The second-order valence-electron chi connectivity index (χ2n) is 4.44. The molecule has 4 nitrogen and oxygen atoms in total. The number of benzene rings is 1. The molecule has 3 aromatic rings. The van der Waals surface area contributed by atoms with E-state index >= 15 is 0 Å². The average Bonchev–Trinajstić information content (AvgIpc) is 3.05. The molecule has 0 saturated carbocycles. The van der Waals surface area contributed by atoms with Gasteiger partial charge < -0.3 is 9.52 Å². The Balaban J connectivity index is 2.16. The Morgan fingerprint density at radius 1 is 1.33 bits per heavy atom. The fourth-order valence-corrected chi connectivity index (χ4v) is 3.43. The van der Waals surface area contributed by atoms with E-state index in [4.69, 9.17) is 4.42 Å². The molecule has 0 aliphatic rings. The molecule has 21 heavy (non-hydrogen) atoms. The summed E-state index contributed by atoms with van der Waals surface area (Å²) >= 11 is 4.86. The van der Waals surface area contributed by atoms with Crippen LogP contribution in [0.3, 0.4) is 0 Å². The third-order valence-electron chi connectivity index (χ3n) is 2.93. The number of oxazole rings is 1. The number of hydrogen-bond acceptors (Lipinski definition) is 4. The third-order valence-corrected chi connectivity index (χ3v) is 5.07. The van der Waals surface area contributed by atoms with E-state index in [1.807, 2.05) is 43.3 Å². The van der Waals surface area contributed by atoms with E-state index in [9.17, 15) is 9.90 Å². The van der Waals surface area contributed by atoms with E-state index < -0.39 is 5.97 Å². The molecule has 3 rings (SSSR count). The van der Waals surface area contributed by atoms with Gasteiger partial charge in [0.05, 0.1) is 8.66 Å². The van der Waals surface area contributed by atoms with E-state index in [0.29, 0.717) is 11.7 Å². The Morgan fingerprint density at radius 3 is 2.62 bits per heavy atom. The second kappa shape index (κ2) is 5.46. The summed E-state index contributed by atoms with van der Waals surface area (Å²) in [5.74, 6) is -0.497. The van der Waals surface area contributed by atoms with Crippen LogP contribution in [0.25, 0.3) is 22.1 Å². The van der Waals surface area contributed by atoms with Gasteiger partial charge in [-0.2, -0.15) is 0 Å². The summed E-state index contributed by atoms with van der Waals surface area (Å²) in [5, 5.41) is 9.33. The van der Waals surface area contributed by atoms with Crippen molar-refractivity contribution in [3.05, 3.63) is 51.4 Å². The molecule has 0 saturated heterocycles. The quantitative estimate of drug-likeness (QED) is 0.722. The molecular formula is C15H10BrNO3S. The number of thiophene rings is 1. The zero-order chi connectivity index (χ0) is 15.0. The van der Waals surface area contributed by atoms with Crippen molar-refractivity contribution in [1.82, 2.24) is 4.98 Å². The smallest absolute Gasteiger partial charge is 0.358 e. The summed E-state index contributed by atoms with van der Waals surface area (Å²) in [6, 6.07) is 11.1. The van der Waals surface area contributed by atoms with Crippen LogP contribution in [0.15, 0.2) is 44.6 Å². The predicted molar refractivity (Wildman–Crippen MR) is 84.6 cm³/mol. The van der Waals surface area contributed by atoms with Gasteiger partial charge in [-0.25, -0.2) is 9.78 Å². The second-order valence-corrected chi connectivity index (χ2v) is 6.81. The van der Waals surface area contributed by atoms with Crippen LogP contribution in [0.2, 0.25) is 0 Å². The number of halogens is 1. The maximum absolute atomic E-state index is 11.4. The molecule has 106 valence electrons. The fraction of sp³-hybridized carbons (Fsp3) is 0.0667. The lowest BCUT2D eigenvalue weighted by atomic mass is 10.2. The van der Waals surface area contributed by atoms with Gasteiger partial charge in [0, 0.05) is 5.56 Å². The highest BCUT2D eigenvalue weighted by molar-refractivity contribution is 9.11. The maximum atomic E-state index is 11.4. The minimum atomic E-state index is -1.10. The van der Waals surface area contributed by atoms with Crippen molar-refractivity contribution in [2.75, 3.05) is 0 Å². The van der Waals surface area contributed by atoms with Crippen molar-refractivity contribution in [2.24, 2.45) is 0 Å². The largest absolute Gasteiger partial charge is 0.476 e. The zero-order valence-corrected chi connectivity index (χ0v) is 13.4. The third kappa shape index (κ3) is 2.64. The predicted octanol–water partition coefficient (Wildman–Crippen LogP) is 4.84. The summed E-state index contributed by atoms with van der Waals surface area (Å²) < 4.78 is 6.66. The van der Waals surface area contributed by atoms with E-state index in [-0.39, 0.29) is 5.69 Å². The summed E-state index contributed by atoms with van der Waals surface area (Å²) in [6.07, 6.45) is 0. The van der Waals surface area contributed by atoms with Crippen molar-refractivity contribution >= 4 is 33.2 Å². The first-order valence-electron chi connectivity index (χ1n) is 6.12. The number of carboxylic acid groups (broad SMARTS) is 1. The van der Waals surface area contributed by atoms with Crippen LogP contribution in [-0.2, 0) is 0 Å². The van der Waals surface area contributed by atoms with Gasteiger partial charge in [0.15, 0.2) is 11.5 Å². The van der Waals surface area contributed by atoms with Gasteiger partial charge in [-0.3, -0.25) is 0 Å². The molecular weight excluding hydrogens is 354 g/mol. The molecule has 0 unspecified atom stereocenters. The average molecular weight is 364 g/mol. The van der Waals surface area contributed by atoms with Crippen molar-refractivity contribution in [3.8, 4) is 22.1 Å². The van der Waals surface area contributed by atoms with Crippen LogP contribution >= 0.6 is 27.3 Å².